The van der Waals surface area contributed by atoms with Crippen LogP contribution in [0.25, 0.3) is 0 Å². The molecule has 2 unspecified atom stereocenters. The van der Waals surface area contributed by atoms with Crippen LogP contribution in [0.3, 0.4) is 0 Å². The Balaban J connectivity index is 1.55. The molecular formula is C16H14FN3S. The van der Waals surface area contributed by atoms with Crippen LogP contribution in [0.2, 0.25) is 0 Å². The molecule has 0 bridgehead atoms. The Morgan fingerprint density at radius 1 is 1.52 bits per heavy atom. The molecule has 2 aliphatic rings. The molecular weight excluding hydrogens is 285 g/mol. The van der Waals surface area contributed by atoms with Gasteiger partial charge < -0.3 is 4.90 Å². The zero-order valence-electron chi connectivity index (χ0n) is 11.6. The van der Waals surface area contributed by atoms with Gasteiger partial charge in [-0.15, -0.1) is 11.3 Å². The topological polar surface area (TPSA) is 29.0 Å². The Kier molecular flexibility index (Phi) is 2.76. The Morgan fingerprint density at radius 3 is 3.19 bits per heavy atom. The molecule has 4 rings (SSSR count). The van der Waals surface area contributed by atoms with Crippen molar-refractivity contribution in [2.24, 2.45) is 11.3 Å². The smallest absolute Gasteiger partial charge is 0.236 e. The normalized spacial score (nSPS) is 26.2. The van der Waals surface area contributed by atoms with E-state index in [-0.39, 0.29) is 5.41 Å². The van der Waals surface area contributed by atoms with Gasteiger partial charge >= 0.3 is 0 Å². The first-order valence-electron chi connectivity index (χ1n) is 6.97. The van der Waals surface area contributed by atoms with Crippen molar-refractivity contribution in [1.29, 1.82) is 0 Å². The first kappa shape index (κ1) is 12.8. The van der Waals surface area contributed by atoms with Gasteiger partial charge in [-0.3, -0.25) is 0 Å². The molecule has 1 aliphatic heterocycles. The maximum Gasteiger partial charge on any atom is 0.236 e. The first-order valence-corrected chi connectivity index (χ1v) is 7.85. The molecule has 0 spiro atoms. The summed E-state index contributed by atoms with van der Waals surface area (Å²) in [5.41, 5.74) is 1.47. The minimum Gasteiger partial charge on any atom is -0.366 e. The summed E-state index contributed by atoms with van der Waals surface area (Å²) >= 11 is 1.62. The zero-order chi connectivity index (χ0) is 14.4. The minimum absolute atomic E-state index is 0.0276. The van der Waals surface area contributed by atoms with Crippen LogP contribution in [0.1, 0.15) is 17.1 Å². The van der Waals surface area contributed by atoms with Crippen LogP contribution < -0.4 is 4.90 Å². The van der Waals surface area contributed by atoms with Crippen molar-refractivity contribution in [1.82, 2.24) is 9.97 Å². The SMILES string of the molecule is Cc1nc(C#CC23CC2CN(c2cccnc2F)C3)cs1. The number of rotatable bonds is 1. The highest BCUT2D eigenvalue weighted by Crippen LogP contribution is 2.58. The number of aromatic nitrogens is 2. The standard InChI is InChI=1S/C16H14FN3S/c1-11-19-13(9-21-11)4-5-16-7-12(16)8-20(10-16)14-3-2-6-18-15(14)17/h2-3,6,9,12H,7-8,10H2,1H3. The van der Waals surface area contributed by atoms with E-state index in [2.05, 4.69) is 26.7 Å². The summed E-state index contributed by atoms with van der Waals surface area (Å²) in [6, 6.07) is 3.57. The van der Waals surface area contributed by atoms with Crippen molar-refractivity contribution in [3.63, 3.8) is 0 Å². The van der Waals surface area contributed by atoms with Crippen LogP contribution in [0.15, 0.2) is 23.7 Å². The summed E-state index contributed by atoms with van der Waals surface area (Å²) < 4.78 is 13.8. The van der Waals surface area contributed by atoms with Gasteiger partial charge in [0.25, 0.3) is 0 Å². The molecule has 2 fully saturated rings. The minimum atomic E-state index is -0.392. The lowest BCUT2D eigenvalue weighted by molar-refractivity contribution is 0.575. The van der Waals surface area contributed by atoms with E-state index < -0.39 is 5.95 Å². The van der Waals surface area contributed by atoms with Gasteiger partial charge in [0.05, 0.1) is 16.1 Å². The fraction of sp³-hybridized carbons (Fsp3) is 0.375. The van der Waals surface area contributed by atoms with Gasteiger partial charge in [-0.05, 0) is 37.3 Å². The zero-order valence-corrected chi connectivity index (χ0v) is 12.5. The number of halogens is 1. The van der Waals surface area contributed by atoms with E-state index >= 15 is 0 Å². The summed E-state index contributed by atoms with van der Waals surface area (Å²) in [7, 11) is 0. The van der Waals surface area contributed by atoms with Crippen molar-refractivity contribution in [3.8, 4) is 11.8 Å². The average Bonchev–Trinajstić information content (AvgIpc) is 2.82. The third kappa shape index (κ3) is 2.20. The first-order chi connectivity index (χ1) is 10.2. The molecule has 5 heteroatoms. The second-order valence-corrected chi connectivity index (χ2v) is 6.82. The van der Waals surface area contributed by atoms with E-state index in [9.17, 15) is 4.39 Å². The van der Waals surface area contributed by atoms with Gasteiger partial charge in [-0.1, -0.05) is 5.92 Å². The average molecular weight is 299 g/mol. The summed E-state index contributed by atoms with van der Waals surface area (Å²) in [5, 5.41) is 3.03. The number of piperidine rings is 1. The van der Waals surface area contributed by atoms with Crippen LogP contribution in [0.4, 0.5) is 10.1 Å². The summed E-state index contributed by atoms with van der Waals surface area (Å²) in [6.07, 6.45) is 2.59. The van der Waals surface area contributed by atoms with Crippen molar-refractivity contribution >= 4 is 17.0 Å². The highest BCUT2D eigenvalue weighted by molar-refractivity contribution is 7.09. The van der Waals surface area contributed by atoms with E-state index in [4.69, 9.17) is 0 Å². The van der Waals surface area contributed by atoms with Crippen molar-refractivity contribution in [2.75, 3.05) is 18.0 Å². The van der Waals surface area contributed by atoms with Crippen LogP contribution in [-0.4, -0.2) is 23.1 Å². The monoisotopic (exact) mass is 299 g/mol. The number of hydrogen-bond donors (Lipinski definition) is 0. The molecule has 3 heterocycles. The highest BCUT2D eigenvalue weighted by Gasteiger charge is 2.59. The maximum absolute atomic E-state index is 13.8. The number of nitrogens with zero attached hydrogens (tertiary/aromatic N) is 3. The maximum atomic E-state index is 13.8. The molecule has 1 aliphatic carbocycles. The van der Waals surface area contributed by atoms with Crippen molar-refractivity contribution in [2.45, 2.75) is 13.3 Å². The van der Waals surface area contributed by atoms with Crippen LogP contribution in [-0.2, 0) is 0 Å². The number of hydrogen-bond acceptors (Lipinski definition) is 4. The molecule has 2 atom stereocenters. The van der Waals surface area contributed by atoms with E-state index in [0.29, 0.717) is 11.6 Å². The number of pyridine rings is 1. The van der Waals surface area contributed by atoms with Crippen molar-refractivity contribution < 1.29 is 4.39 Å². The van der Waals surface area contributed by atoms with Gasteiger partial charge in [0.15, 0.2) is 0 Å². The Hall–Kier alpha value is -1.93. The molecule has 0 radical (unpaired) electrons. The van der Waals surface area contributed by atoms with E-state index in [1.54, 1.807) is 23.5 Å². The lowest BCUT2D eigenvalue weighted by atomic mass is 10.1. The molecule has 1 saturated carbocycles. The number of anilines is 1. The number of aryl methyl sites for hydroxylation is 1. The molecule has 0 aromatic carbocycles. The lowest BCUT2D eigenvalue weighted by Crippen LogP contribution is -2.25. The Bertz CT molecular complexity index is 760. The van der Waals surface area contributed by atoms with Crippen molar-refractivity contribution in [3.05, 3.63) is 40.4 Å². The molecule has 106 valence electrons. The fourth-order valence-electron chi connectivity index (χ4n) is 3.08. The molecule has 2 aromatic rings. The predicted octanol–water partition coefficient (Wildman–Crippen LogP) is 2.86. The van der Waals surface area contributed by atoms with Crippen LogP contribution in [0, 0.1) is 36.0 Å². The molecule has 2 aromatic heterocycles. The summed E-state index contributed by atoms with van der Waals surface area (Å²) in [6.45, 7) is 3.64. The quantitative estimate of drug-likeness (QED) is 0.599. The summed E-state index contributed by atoms with van der Waals surface area (Å²) in [5.74, 6) is 6.73. The van der Waals surface area contributed by atoms with Crippen LogP contribution in [0.5, 0.6) is 0 Å². The molecule has 0 amide bonds. The third-order valence-electron chi connectivity index (χ3n) is 4.28. The van der Waals surface area contributed by atoms with Gasteiger partial charge in [0.1, 0.15) is 5.69 Å². The molecule has 3 nitrogen and oxygen atoms in total. The third-order valence-corrected chi connectivity index (χ3v) is 5.06. The van der Waals surface area contributed by atoms with Gasteiger partial charge in [0, 0.05) is 24.7 Å². The van der Waals surface area contributed by atoms with E-state index in [1.165, 1.54) is 6.20 Å². The second kappa shape index (κ2) is 4.54. The largest absolute Gasteiger partial charge is 0.366 e. The molecule has 1 saturated heterocycles. The van der Waals surface area contributed by atoms with E-state index in [1.807, 2.05) is 12.3 Å². The fourth-order valence-corrected chi connectivity index (χ4v) is 3.63. The number of fused-ring (bicyclic) bond motifs is 1. The van der Waals surface area contributed by atoms with Gasteiger partial charge in [0.2, 0.25) is 5.95 Å². The van der Waals surface area contributed by atoms with Crippen LogP contribution >= 0.6 is 11.3 Å². The predicted molar refractivity (Wildman–Crippen MR) is 80.7 cm³/mol. The lowest BCUT2D eigenvalue weighted by Gasteiger charge is -2.21. The molecule has 0 N–H and O–H groups in total. The van der Waals surface area contributed by atoms with Gasteiger partial charge in [-0.2, -0.15) is 4.39 Å². The Morgan fingerprint density at radius 2 is 2.43 bits per heavy atom. The van der Waals surface area contributed by atoms with E-state index in [0.717, 1.165) is 30.2 Å². The highest BCUT2D eigenvalue weighted by atomic mass is 32.1. The number of thiazole rings is 1. The Labute approximate surface area is 126 Å². The molecule has 21 heavy (non-hydrogen) atoms. The van der Waals surface area contributed by atoms with Gasteiger partial charge in [-0.25, -0.2) is 9.97 Å². The summed E-state index contributed by atoms with van der Waals surface area (Å²) in [4.78, 5) is 10.2. The second-order valence-electron chi connectivity index (χ2n) is 5.75.